The van der Waals surface area contributed by atoms with Crippen molar-refractivity contribution < 1.29 is 39.5 Å². The van der Waals surface area contributed by atoms with Crippen LogP contribution in [-0.2, 0) is 19.1 Å². The van der Waals surface area contributed by atoms with Gasteiger partial charge < -0.3 is 29.9 Å². The zero-order valence-electron chi connectivity index (χ0n) is 38.4. The Bertz CT molecular complexity index is 853. The first-order chi connectivity index (χ1) is 28.4. The summed E-state index contributed by atoms with van der Waals surface area (Å²) in [5.74, 6) is -0.993. The fourth-order valence-corrected chi connectivity index (χ4v) is 7.93. The number of hydrogen-bond donors (Lipinski definition) is 4. The fourth-order valence-electron chi connectivity index (χ4n) is 7.93. The Balaban J connectivity index is 3.97. The summed E-state index contributed by atoms with van der Waals surface area (Å²) in [4.78, 5) is 25.1. The van der Waals surface area contributed by atoms with Gasteiger partial charge >= 0.3 is 11.9 Å². The molecule has 0 saturated carbocycles. The molecule has 0 aromatic rings. The minimum Gasteiger partial charge on any atom is -0.462 e. The highest BCUT2D eigenvalue weighted by molar-refractivity contribution is 5.70. The molecule has 0 aliphatic rings. The summed E-state index contributed by atoms with van der Waals surface area (Å²) in [7, 11) is 0. The van der Waals surface area contributed by atoms with Crippen molar-refractivity contribution in [1.82, 2.24) is 0 Å². The molecule has 4 atom stereocenters. The van der Waals surface area contributed by atoms with Crippen molar-refractivity contribution in [1.29, 1.82) is 0 Å². The Morgan fingerprint density at radius 3 is 0.914 bits per heavy atom. The van der Waals surface area contributed by atoms with E-state index >= 15 is 0 Å². The van der Waals surface area contributed by atoms with Gasteiger partial charge in [-0.3, -0.25) is 9.59 Å². The largest absolute Gasteiger partial charge is 0.462 e. The number of aliphatic hydroxyl groups excluding tert-OH is 4. The molecule has 0 aliphatic carbocycles. The van der Waals surface area contributed by atoms with Gasteiger partial charge in [0.2, 0.25) is 0 Å². The molecule has 0 rings (SSSR count). The van der Waals surface area contributed by atoms with Crippen LogP contribution in [-0.4, -0.2) is 70.0 Å². The zero-order chi connectivity index (χ0) is 42.6. The number of hydrogen-bond acceptors (Lipinski definition) is 8. The number of unbranched alkanes of at least 4 members (excludes halogenated alkanes) is 36. The molecule has 4 N–H and O–H groups in total. The summed E-state index contributed by atoms with van der Waals surface area (Å²) in [5, 5.41) is 40.0. The maximum absolute atomic E-state index is 12.6. The molecule has 0 unspecified atom stereocenters. The molecule has 0 saturated heterocycles. The predicted octanol–water partition coefficient (Wildman–Crippen LogP) is 13.2. The Labute approximate surface area is 358 Å². The summed E-state index contributed by atoms with van der Waals surface area (Å²) in [6.07, 6.45) is 42.4. The van der Waals surface area contributed by atoms with Gasteiger partial charge in [-0.2, -0.15) is 0 Å². The van der Waals surface area contributed by atoms with E-state index in [0.29, 0.717) is 12.8 Å². The van der Waals surface area contributed by atoms with Gasteiger partial charge in [0.25, 0.3) is 0 Å². The summed E-state index contributed by atoms with van der Waals surface area (Å²) in [5.41, 5.74) is 0. The third kappa shape index (κ3) is 38.9. The van der Waals surface area contributed by atoms with Crippen LogP contribution >= 0.6 is 0 Å². The number of ether oxygens (including phenoxy) is 2. The molecular weight excluding hydrogens is 729 g/mol. The van der Waals surface area contributed by atoms with Crippen molar-refractivity contribution in [2.24, 2.45) is 0 Å². The van der Waals surface area contributed by atoms with Crippen LogP contribution < -0.4 is 0 Å². The number of esters is 2. The highest BCUT2D eigenvalue weighted by atomic mass is 16.6. The van der Waals surface area contributed by atoms with Gasteiger partial charge in [0, 0.05) is 12.8 Å². The van der Waals surface area contributed by atoms with E-state index in [1.807, 2.05) is 0 Å². The van der Waals surface area contributed by atoms with Gasteiger partial charge in [0.15, 0.2) is 6.10 Å². The van der Waals surface area contributed by atoms with Crippen LogP contribution in [0, 0.1) is 0 Å². The van der Waals surface area contributed by atoms with E-state index in [4.69, 9.17) is 9.47 Å². The van der Waals surface area contributed by atoms with Crippen molar-refractivity contribution in [2.75, 3.05) is 13.2 Å². The zero-order valence-corrected chi connectivity index (χ0v) is 38.4. The van der Waals surface area contributed by atoms with Gasteiger partial charge in [-0.25, -0.2) is 0 Å². The van der Waals surface area contributed by atoms with Crippen LogP contribution in [0.1, 0.15) is 271 Å². The number of aliphatic hydroxyl groups is 4. The van der Waals surface area contributed by atoms with Gasteiger partial charge in [0.05, 0.1) is 6.61 Å². The second kappa shape index (κ2) is 45.3. The topological polar surface area (TPSA) is 134 Å². The fraction of sp³-hybridized carbons (Fsp3) is 0.960. The van der Waals surface area contributed by atoms with Gasteiger partial charge in [-0.05, 0) is 12.8 Å². The van der Waals surface area contributed by atoms with E-state index in [2.05, 4.69) is 13.8 Å². The molecule has 0 fully saturated rings. The standard InChI is InChI=1S/C50H98O8/c1-3-5-7-9-11-13-15-17-19-21-23-25-27-29-31-33-35-37-39-41-47(53)57-44-46(50(56)49(55)45(52)43-51)58-48(54)42-40-38-36-34-32-30-28-26-24-22-20-18-16-14-12-10-8-6-4-2/h45-46,49-52,55-56H,3-44H2,1-2H3/t45-,46-,49-,50-/m1/s1. The van der Waals surface area contributed by atoms with E-state index in [1.54, 1.807) is 0 Å². The SMILES string of the molecule is CCCCCCCCCCCCCCCCCCCCCC(=O)OC[C@@H](OC(=O)CCCCCCCCCCCCCCCCCCCCC)[C@@H](O)[C@H](O)[C@H](O)CO. The number of carbonyl (C=O) groups excluding carboxylic acids is 2. The van der Waals surface area contributed by atoms with Crippen LogP contribution in [0.15, 0.2) is 0 Å². The van der Waals surface area contributed by atoms with Crippen LogP contribution in [0.5, 0.6) is 0 Å². The van der Waals surface area contributed by atoms with Crippen molar-refractivity contribution in [2.45, 2.75) is 295 Å². The number of rotatable bonds is 47. The third-order valence-electron chi connectivity index (χ3n) is 12.0. The van der Waals surface area contributed by atoms with Gasteiger partial charge in [-0.15, -0.1) is 0 Å². The quantitative estimate of drug-likeness (QED) is 0.0352. The molecule has 0 bridgehead atoms. The van der Waals surface area contributed by atoms with Crippen molar-refractivity contribution in [3.05, 3.63) is 0 Å². The Hall–Kier alpha value is -1.22. The summed E-state index contributed by atoms with van der Waals surface area (Å²) in [6.45, 7) is 3.36. The molecule has 0 aliphatic heterocycles. The van der Waals surface area contributed by atoms with Crippen LogP contribution in [0.25, 0.3) is 0 Å². The molecular formula is C50H98O8. The smallest absolute Gasteiger partial charge is 0.306 e. The first-order valence-corrected chi connectivity index (χ1v) is 25.4. The highest BCUT2D eigenvalue weighted by Crippen LogP contribution is 2.18. The lowest BCUT2D eigenvalue weighted by Gasteiger charge is -2.28. The predicted molar refractivity (Wildman–Crippen MR) is 242 cm³/mol. The average Bonchev–Trinajstić information content (AvgIpc) is 3.23. The van der Waals surface area contributed by atoms with Gasteiger partial charge in [0.1, 0.15) is 24.9 Å². The maximum atomic E-state index is 12.6. The molecule has 0 radical (unpaired) electrons. The minimum absolute atomic E-state index is 0.161. The second-order valence-electron chi connectivity index (χ2n) is 17.7. The van der Waals surface area contributed by atoms with E-state index in [1.165, 1.54) is 199 Å². The van der Waals surface area contributed by atoms with Gasteiger partial charge in [-0.1, -0.05) is 245 Å². The minimum atomic E-state index is -1.75. The monoisotopic (exact) mass is 827 g/mol. The van der Waals surface area contributed by atoms with Crippen molar-refractivity contribution in [3.63, 3.8) is 0 Å². The average molecular weight is 827 g/mol. The second-order valence-corrected chi connectivity index (χ2v) is 17.7. The lowest BCUT2D eigenvalue weighted by Crippen LogP contribution is -2.49. The van der Waals surface area contributed by atoms with E-state index < -0.39 is 49.6 Å². The Kier molecular flexibility index (Phi) is 44.4. The first-order valence-electron chi connectivity index (χ1n) is 25.4. The van der Waals surface area contributed by atoms with E-state index in [9.17, 15) is 30.0 Å². The van der Waals surface area contributed by atoms with E-state index in [-0.39, 0.29) is 12.8 Å². The summed E-state index contributed by atoms with van der Waals surface area (Å²) in [6, 6.07) is 0. The number of carbonyl (C=O) groups is 2. The summed E-state index contributed by atoms with van der Waals surface area (Å²) < 4.78 is 10.8. The van der Waals surface area contributed by atoms with E-state index in [0.717, 1.165) is 32.1 Å². The molecule has 58 heavy (non-hydrogen) atoms. The molecule has 0 aromatic heterocycles. The highest BCUT2D eigenvalue weighted by Gasteiger charge is 2.34. The molecule has 346 valence electrons. The lowest BCUT2D eigenvalue weighted by atomic mass is 10.0. The third-order valence-corrected chi connectivity index (χ3v) is 12.0. The summed E-state index contributed by atoms with van der Waals surface area (Å²) >= 11 is 0. The first kappa shape index (κ1) is 56.8. The normalized spacial score (nSPS) is 13.7. The Morgan fingerprint density at radius 2 is 0.638 bits per heavy atom. The Morgan fingerprint density at radius 1 is 0.379 bits per heavy atom. The molecule has 8 heteroatoms. The van der Waals surface area contributed by atoms with Crippen LogP contribution in [0.3, 0.4) is 0 Å². The molecule has 0 spiro atoms. The van der Waals surface area contributed by atoms with Crippen molar-refractivity contribution >= 4 is 11.9 Å². The maximum Gasteiger partial charge on any atom is 0.306 e. The molecule has 0 amide bonds. The lowest BCUT2D eigenvalue weighted by molar-refractivity contribution is -0.178. The van der Waals surface area contributed by atoms with Crippen LogP contribution in [0.2, 0.25) is 0 Å². The molecule has 0 aromatic carbocycles. The van der Waals surface area contributed by atoms with Crippen molar-refractivity contribution in [3.8, 4) is 0 Å². The van der Waals surface area contributed by atoms with Crippen LogP contribution in [0.4, 0.5) is 0 Å². The molecule has 8 nitrogen and oxygen atoms in total. The molecule has 0 heterocycles.